The van der Waals surface area contributed by atoms with Crippen molar-refractivity contribution in [3.8, 4) is 0 Å². The Labute approximate surface area is 140 Å². The molecule has 1 unspecified atom stereocenters. The van der Waals surface area contributed by atoms with Crippen LogP contribution < -0.4 is 0 Å². The maximum absolute atomic E-state index is 12.0. The van der Waals surface area contributed by atoms with Crippen LogP contribution in [0.15, 0.2) is 21.5 Å². The summed E-state index contributed by atoms with van der Waals surface area (Å²) in [7, 11) is 1.30. The van der Waals surface area contributed by atoms with E-state index >= 15 is 0 Å². The molecule has 1 fully saturated rings. The Kier molecular flexibility index (Phi) is 5.54. The molecule has 0 N–H and O–H groups in total. The number of esters is 1. The van der Waals surface area contributed by atoms with Crippen LogP contribution in [0.4, 0.5) is 0 Å². The number of halogens is 3. The van der Waals surface area contributed by atoms with E-state index in [9.17, 15) is 13.2 Å². The number of ether oxygens (including phenoxy) is 2. The first-order chi connectivity index (χ1) is 9.79. The van der Waals surface area contributed by atoms with Crippen molar-refractivity contribution in [1.82, 2.24) is 0 Å². The second-order valence-electron chi connectivity index (χ2n) is 4.44. The lowest BCUT2D eigenvalue weighted by atomic mass is 10.2. The van der Waals surface area contributed by atoms with Crippen LogP contribution in [0.5, 0.6) is 0 Å². The molecule has 1 aliphatic rings. The minimum absolute atomic E-state index is 0.0661. The molecule has 1 aromatic rings. The van der Waals surface area contributed by atoms with Gasteiger partial charge >= 0.3 is 5.97 Å². The van der Waals surface area contributed by atoms with Crippen molar-refractivity contribution >= 4 is 53.2 Å². The average molecular weight is 418 g/mol. The first kappa shape index (κ1) is 17.0. The lowest BCUT2D eigenvalue weighted by Crippen LogP contribution is -2.18. The van der Waals surface area contributed by atoms with Gasteiger partial charge in [-0.25, -0.2) is 13.2 Å². The third-order valence-corrected chi connectivity index (χ3v) is 5.52. The van der Waals surface area contributed by atoms with Crippen LogP contribution in [0, 0.1) is 0 Å². The van der Waals surface area contributed by atoms with Crippen LogP contribution in [-0.2, 0) is 18.5 Å². The maximum Gasteiger partial charge on any atom is 0.339 e. The number of carbonyl (C=O) groups excluding carboxylic acids is 1. The zero-order valence-electron chi connectivity index (χ0n) is 10.6. The molecule has 0 radical (unpaired) electrons. The number of benzene rings is 1. The van der Waals surface area contributed by atoms with Gasteiger partial charge in [0, 0.05) is 21.8 Å². The molecule has 0 saturated carbocycles. The smallest absolute Gasteiger partial charge is 0.339 e. The largest absolute Gasteiger partial charge is 0.459 e. The van der Waals surface area contributed by atoms with Gasteiger partial charge in [0.15, 0.2) is 0 Å². The third-order valence-electron chi connectivity index (χ3n) is 2.93. The van der Waals surface area contributed by atoms with E-state index in [0.29, 0.717) is 6.61 Å². The summed E-state index contributed by atoms with van der Waals surface area (Å²) < 4.78 is 33.4. The Morgan fingerprint density at radius 2 is 2.19 bits per heavy atom. The Morgan fingerprint density at radius 3 is 2.76 bits per heavy atom. The zero-order valence-corrected chi connectivity index (χ0v) is 14.6. The summed E-state index contributed by atoms with van der Waals surface area (Å²) in [5.41, 5.74) is -0.0664. The predicted molar refractivity (Wildman–Crippen MR) is 81.4 cm³/mol. The summed E-state index contributed by atoms with van der Waals surface area (Å²) in [6.07, 6.45) is 1.62. The van der Waals surface area contributed by atoms with Gasteiger partial charge in [-0.15, -0.1) is 0 Å². The number of hydrogen-bond acceptors (Lipinski definition) is 5. The lowest BCUT2D eigenvalue weighted by molar-refractivity contribution is 0.0161. The molecular weight excluding hydrogens is 407 g/mol. The van der Waals surface area contributed by atoms with Crippen LogP contribution in [0.3, 0.4) is 0 Å². The number of rotatable bonds is 4. The van der Waals surface area contributed by atoms with Gasteiger partial charge in [-0.2, -0.15) is 0 Å². The maximum atomic E-state index is 12.0. The van der Waals surface area contributed by atoms with Crippen LogP contribution in [0.2, 0.25) is 5.02 Å². The highest BCUT2D eigenvalue weighted by Gasteiger charge is 2.23. The first-order valence-electron chi connectivity index (χ1n) is 6.01. The molecule has 0 aliphatic carbocycles. The van der Waals surface area contributed by atoms with Gasteiger partial charge in [-0.1, -0.05) is 11.6 Å². The van der Waals surface area contributed by atoms with Crippen molar-refractivity contribution in [2.45, 2.75) is 23.8 Å². The molecule has 9 heteroatoms. The van der Waals surface area contributed by atoms with Crippen LogP contribution >= 0.6 is 38.2 Å². The van der Waals surface area contributed by atoms with Crippen molar-refractivity contribution in [3.05, 3.63) is 27.2 Å². The highest BCUT2D eigenvalue weighted by atomic mass is 79.9. The van der Waals surface area contributed by atoms with Crippen molar-refractivity contribution in [2.24, 2.45) is 0 Å². The van der Waals surface area contributed by atoms with E-state index in [0.717, 1.165) is 18.9 Å². The normalized spacial score (nSPS) is 18.7. The molecule has 1 saturated heterocycles. The number of hydrogen-bond donors (Lipinski definition) is 0. The molecule has 21 heavy (non-hydrogen) atoms. The molecule has 1 aromatic carbocycles. The van der Waals surface area contributed by atoms with Gasteiger partial charge in [0.1, 0.15) is 6.61 Å². The molecule has 0 aromatic heterocycles. The van der Waals surface area contributed by atoms with Gasteiger partial charge in [-0.05, 0) is 40.9 Å². The van der Waals surface area contributed by atoms with Crippen LogP contribution in [-0.4, -0.2) is 33.7 Å². The van der Waals surface area contributed by atoms with Gasteiger partial charge in [0.05, 0.1) is 21.6 Å². The van der Waals surface area contributed by atoms with Gasteiger partial charge in [-0.3, -0.25) is 0 Å². The number of carbonyl (C=O) groups is 1. The van der Waals surface area contributed by atoms with Crippen LogP contribution in [0.25, 0.3) is 0 Å². The minimum Gasteiger partial charge on any atom is -0.459 e. The van der Waals surface area contributed by atoms with E-state index in [2.05, 4.69) is 15.9 Å². The van der Waals surface area contributed by atoms with Crippen molar-refractivity contribution in [2.75, 3.05) is 13.2 Å². The Morgan fingerprint density at radius 1 is 1.48 bits per heavy atom. The highest BCUT2D eigenvalue weighted by molar-refractivity contribution is 9.10. The SMILES string of the molecule is O=C(OCC1CCCO1)c1cc(S(=O)(=O)Cl)cc(Br)c1Cl. The van der Waals surface area contributed by atoms with Crippen LogP contribution in [0.1, 0.15) is 23.2 Å². The molecule has 1 heterocycles. The average Bonchev–Trinajstić information content (AvgIpc) is 2.91. The van der Waals surface area contributed by atoms with Gasteiger partial charge in [0.2, 0.25) is 0 Å². The third kappa shape index (κ3) is 4.32. The summed E-state index contributed by atoms with van der Waals surface area (Å²) in [6.45, 7) is 0.749. The molecule has 2 rings (SSSR count). The van der Waals surface area contributed by atoms with E-state index in [-0.39, 0.29) is 32.7 Å². The van der Waals surface area contributed by atoms with Crippen molar-refractivity contribution in [1.29, 1.82) is 0 Å². The summed E-state index contributed by atoms with van der Waals surface area (Å²) in [4.78, 5) is 11.8. The summed E-state index contributed by atoms with van der Waals surface area (Å²) in [5.74, 6) is -0.724. The Balaban J connectivity index is 2.21. The minimum atomic E-state index is -3.98. The Bertz CT molecular complexity index is 656. The fourth-order valence-electron chi connectivity index (χ4n) is 1.88. The molecule has 5 nitrogen and oxygen atoms in total. The topological polar surface area (TPSA) is 69.7 Å². The van der Waals surface area contributed by atoms with E-state index in [1.807, 2.05) is 0 Å². The molecular formula is C12H11BrCl2O5S. The summed E-state index contributed by atoms with van der Waals surface area (Å²) in [5, 5.41) is 0.0661. The molecule has 0 bridgehead atoms. The molecule has 1 atom stereocenters. The van der Waals surface area contributed by atoms with E-state index in [1.165, 1.54) is 6.07 Å². The summed E-state index contributed by atoms with van der Waals surface area (Å²) in [6, 6.07) is 2.31. The van der Waals surface area contributed by atoms with Crippen molar-refractivity contribution in [3.63, 3.8) is 0 Å². The zero-order chi connectivity index (χ0) is 15.6. The second-order valence-corrected chi connectivity index (χ2v) is 8.24. The Hall–Kier alpha value is -0.340. The molecule has 0 spiro atoms. The van der Waals surface area contributed by atoms with E-state index in [4.69, 9.17) is 31.8 Å². The standard InChI is InChI=1S/C12H11BrCl2O5S/c13-10-5-8(21(15,17)18)4-9(11(10)14)12(16)20-6-7-2-1-3-19-7/h4-5,7H,1-3,6H2. The summed E-state index contributed by atoms with van der Waals surface area (Å²) >= 11 is 9.08. The fourth-order valence-corrected chi connectivity index (χ4v) is 3.46. The lowest BCUT2D eigenvalue weighted by Gasteiger charge is -2.12. The molecule has 0 amide bonds. The molecule has 1 aliphatic heterocycles. The van der Waals surface area contributed by atoms with Crippen molar-refractivity contribution < 1.29 is 22.7 Å². The monoisotopic (exact) mass is 416 g/mol. The fraction of sp³-hybridized carbons (Fsp3) is 0.417. The van der Waals surface area contributed by atoms with Gasteiger partial charge in [0.25, 0.3) is 9.05 Å². The highest BCUT2D eigenvalue weighted by Crippen LogP contribution is 2.31. The quantitative estimate of drug-likeness (QED) is 0.554. The van der Waals surface area contributed by atoms with E-state index < -0.39 is 15.0 Å². The predicted octanol–water partition coefficient (Wildman–Crippen LogP) is 3.37. The molecule has 116 valence electrons. The first-order valence-corrected chi connectivity index (χ1v) is 9.49. The van der Waals surface area contributed by atoms with E-state index in [1.54, 1.807) is 0 Å². The van der Waals surface area contributed by atoms with Gasteiger partial charge < -0.3 is 9.47 Å². The second kappa shape index (κ2) is 6.83.